The van der Waals surface area contributed by atoms with Crippen LogP contribution in [0.25, 0.3) is 5.82 Å². The minimum atomic E-state index is -2.61. The van der Waals surface area contributed by atoms with Crippen molar-refractivity contribution in [3.8, 4) is 5.82 Å². The quantitative estimate of drug-likeness (QED) is 0.525. The lowest BCUT2D eigenvalue weighted by atomic mass is 9.92. The van der Waals surface area contributed by atoms with Crippen LogP contribution in [0.3, 0.4) is 0 Å². The Kier molecular flexibility index (Phi) is 8.22. The van der Waals surface area contributed by atoms with Crippen LogP contribution >= 0.6 is 0 Å². The van der Waals surface area contributed by atoms with Gasteiger partial charge in [-0.3, -0.25) is 9.59 Å². The Morgan fingerprint density at radius 2 is 1.88 bits per heavy atom. The second-order valence-corrected chi connectivity index (χ2v) is 9.38. The molecule has 1 aliphatic rings. The molecule has 2 heterocycles. The van der Waals surface area contributed by atoms with Crippen LogP contribution in [0.2, 0.25) is 0 Å². The summed E-state index contributed by atoms with van der Waals surface area (Å²) >= 11 is 0. The molecule has 0 atom stereocenters. The first kappa shape index (κ1) is 25.6. The summed E-state index contributed by atoms with van der Waals surface area (Å²) in [6, 6.07) is 5.24. The maximum Gasteiger partial charge on any atom is 0.308 e. The van der Waals surface area contributed by atoms with E-state index in [2.05, 4.69) is 20.7 Å². The van der Waals surface area contributed by atoms with E-state index < -0.39 is 5.92 Å². The highest BCUT2D eigenvalue weighted by Gasteiger charge is 2.35. The lowest BCUT2D eigenvalue weighted by Gasteiger charge is -2.29. The molecule has 3 rings (SSSR count). The monoisotopic (exact) mass is 477 g/mol. The summed E-state index contributed by atoms with van der Waals surface area (Å²) in [6.07, 6.45) is 2.11. The number of anilines is 1. The lowest BCUT2D eigenvalue weighted by molar-refractivity contribution is -0.148. The zero-order valence-electron chi connectivity index (χ0n) is 20.1. The molecule has 0 unspecified atom stereocenters. The van der Waals surface area contributed by atoms with E-state index in [4.69, 9.17) is 4.74 Å². The van der Waals surface area contributed by atoms with E-state index in [9.17, 15) is 18.4 Å². The second-order valence-electron chi connectivity index (χ2n) is 9.38. The Morgan fingerprint density at radius 3 is 2.53 bits per heavy atom. The Balaban J connectivity index is 1.78. The fourth-order valence-electron chi connectivity index (χ4n) is 3.53. The molecule has 10 heteroatoms. The number of carbonyl (C=O) groups is 2. The molecule has 0 spiro atoms. The predicted octanol–water partition coefficient (Wildman–Crippen LogP) is 4.23. The lowest BCUT2D eigenvalue weighted by Crippen LogP contribution is -2.32. The molecule has 2 N–H and O–H groups in total. The molecule has 34 heavy (non-hydrogen) atoms. The van der Waals surface area contributed by atoms with E-state index in [0.29, 0.717) is 36.7 Å². The molecule has 8 nitrogen and oxygen atoms in total. The minimum absolute atomic E-state index is 0.0511. The molecular formula is C24H33F2N5O3. The summed E-state index contributed by atoms with van der Waals surface area (Å²) in [4.78, 5) is 28.4. The zero-order chi connectivity index (χ0) is 24.9. The largest absolute Gasteiger partial charge is 0.459 e. The number of carbonyl (C=O) groups excluding carboxylic acids is 2. The van der Waals surface area contributed by atoms with Gasteiger partial charge in [-0.2, -0.15) is 5.10 Å². The van der Waals surface area contributed by atoms with Gasteiger partial charge in [-0.05, 0) is 36.6 Å². The third-order valence-electron chi connectivity index (χ3n) is 5.64. The fraction of sp³-hybridized carbons (Fsp3) is 0.583. The van der Waals surface area contributed by atoms with E-state index in [1.165, 1.54) is 0 Å². The van der Waals surface area contributed by atoms with Gasteiger partial charge in [0.1, 0.15) is 18.1 Å². The third kappa shape index (κ3) is 7.23. The van der Waals surface area contributed by atoms with Gasteiger partial charge in [0.05, 0.1) is 5.92 Å². The maximum absolute atomic E-state index is 13.5. The van der Waals surface area contributed by atoms with Gasteiger partial charge in [0.15, 0.2) is 5.82 Å². The van der Waals surface area contributed by atoms with Crippen LogP contribution in [0.15, 0.2) is 24.4 Å². The van der Waals surface area contributed by atoms with Crippen molar-refractivity contribution in [3.05, 3.63) is 35.7 Å². The average molecular weight is 478 g/mol. The first-order chi connectivity index (χ1) is 16.0. The summed E-state index contributed by atoms with van der Waals surface area (Å²) < 4.78 is 33.9. The van der Waals surface area contributed by atoms with Gasteiger partial charge in [0.2, 0.25) is 11.8 Å². The number of hydrogen-bond acceptors (Lipinski definition) is 6. The Bertz CT molecular complexity index is 996. The Labute approximate surface area is 198 Å². The Hall–Kier alpha value is -3.04. The molecule has 2 aromatic rings. The van der Waals surface area contributed by atoms with Crippen molar-refractivity contribution < 1.29 is 23.1 Å². The molecule has 0 bridgehead atoms. The van der Waals surface area contributed by atoms with Gasteiger partial charge >= 0.3 is 5.97 Å². The molecule has 0 radical (unpaired) electrons. The van der Waals surface area contributed by atoms with E-state index >= 15 is 0 Å². The summed E-state index contributed by atoms with van der Waals surface area (Å²) in [5.74, 6) is -2.33. The van der Waals surface area contributed by atoms with Crippen molar-refractivity contribution in [1.29, 1.82) is 0 Å². The molecular weight excluding hydrogens is 444 g/mol. The topological polar surface area (TPSA) is 98.1 Å². The third-order valence-corrected chi connectivity index (χ3v) is 5.64. The van der Waals surface area contributed by atoms with Gasteiger partial charge in [-0.25, -0.2) is 18.4 Å². The van der Waals surface area contributed by atoms with Crippen molar-refractivity contribution in [2.24, 2.45) is 11.8 Å². The number of pyridine rings is 1. The first-order valence-corrected chi connectivity index (χ1v) is 11.7. The summed E-state index contributed by atoms with van der Waals surface area (Å²) in [5.41, 5.74) is 1.37. The van der Waals surface area contributed by atoms with Crippen LogP contribution in [-0.2, 0) is 27.5 Å². The molecule has 1 fully saturated rings. The highest BCUT2D eigenvalue weighted by atomic mass is 19.3. The maximum atomic E-state index is 13.5. The fourth-order valence-corrected chi connectivity index (χ4v) is 3.53. The number of aromatic nitrogens is 3. The number of alkyl halides is 2. The predicted molar refractivity (Wildman–Crippen MR) is 124 cm³/mol. The van der Waals surface area contributed by atoms with Gasteiger partial charge in [0.25, 0.3) is 0 Å². The minimum Gasteiger partial charge on any atom is -0.459 e. The summed E-state index contributed by atoms with van der Waals surface area (Å²) in [6.45, 7) is 7.50. The Morgan fingerprint density at radius 1 is 1.18 bits per heavy atom. The smallest absolute Gasteiger partial charge is 0.308 e. The molecule has 1 aliphatic carbocycles. The number of hydrogen-bond donors (Lipinski definition) is 2. The molecule has 0 aromatic carbocycles. The van der Waals surface area contributed by atoms with Crippen LogP contribution in [0.4, 0.5) is 14.6 Å². The molecule has 0 saturated heterocycles. The van der Waals surface area contributed by atoms with Gasteiger partial charge in [0, 0.05) is 37.5 Å². The normalized spacial score (nSPS) is 16.0. The average Bonchev–Trinajstić information content (AvgIpc) is 3.26. The van der Waals surface area contributed by atoms with E-state index in [0.717, 1.165) is 5.56 Å². The van der Waals surface area contributed by atoms with Crippen LogP contribution in [-0.4, -0.2) is 38.6 Å². The number of rotatable bonds is 9. The standard InChI is InChI=1S/C24H33F2N5O3/c1-15(2)22(32)27-13-17-11-20(28-18-5-8-24(25,26)9-6-18)29-21(12-17)31-10-7-19(30-31)14-34-23(33)16(3)4/h7,10-12,15-16,18H,5-6,8-9,13-14H2,1-4H3,(H,27,32)(H,28,29). The SMILES string of the molecule is CC(C)C(=O)NCc1cc(NC2CCC(F)(F)CC2)nc(-n2ccc(COC(=O)C(C)C)n2)c1. The molecule has 2 aromatic heterocycles. The van der Waals surface area contributed by atoms with Crippen molar-refractivity contribution in [1.82, 2.24) is 20.1 Å². The van der Waals surface area contributed by atoms with Crippen molar-refractivity contribution in [3.63, 3.8) is 0 Å². The molecule has 1 amide bonds. The number of amides is 1. The summed E-state index contributed by atoms with van der Waals surface area (Å²) in [5, 5.41) is 10.6. The van der Waals surface area contributed by atoms with E-state index in [1.54, 1.807) is 36.9 Å². The zero-order valence-corrected chi connectivity index (χ0v) is 20.1. The van der Waals surface area contributed by atoms with Crippen LogP contribution < -0.4 is 10.6 Å². The van der Waals surface area contributed by atoms with Crippen molar-refractivity contribution in [2.75, 3.05) is 5.32 Å². The van der Waals surface area contributed by atoms with Crippen LogP contribution in [0, 0.1) is 11.8 Å². The highest BCUT2D eigenvalue weighted by Crippen LogP contribution is 2.34. The van der Waals surface area contributed by atoms with Gasteiger partial charge < -0.3 is 15.4 Å². The second kappa shape index (κ2) is 10.9. The molecule has 1 saturated carbocycles. The number of halogens is 2. The van der Waals surface area contributed by atoms with Gasteiger partial charge in [-0.1, -0.05) is 27.7 Å². The van der Waals surface area contributed by atoms with Gasteiger partial charge in [-0.15, -0.1) is 0 Å². The van der Waals surface area contributed by atoms with E-state index in [-0.39, 0.29) is 49.2 Å². The van der Waals surface area contributed by atoms with Crippen molar-refractivity contribution in [2.45, 2.75) is 78.5 Å². The highest BCUT2D eigenvalue weighted by molar-refractivity contribution is 5.77. The number of ether oxygens (including phenoxy) is 1. The van der Waals surface area contributed by atoms with Crippen LogP contribution in [0.5, 0.6) is 0 Å². The molecule has 186 valence electrons. The summed E-state index contributed by atoms with van der Waals surface area (Å²) in [7, 11) is 0. The number of esters is 1. The number of nitrogens with zero attached hydrogens (tertiary/aromatic N) is 3. The van der Waals surface area contributed by atoms with Crippen LogP contribution in [0.1, 0.15) is 64.6 Å². The van der Waals surface area contributed by atoms with E-state index in [1.807, 2.05) is 19.9 Å². The first-order valence-electron chi connectivity index (χ1n) is 11.7. The van der Waals surface area contributed by atoms with Crippen molar-refractivity contribution >= 4 is 17.7 Å². The number of nitrogens with one attached hydrogen (secondary N) is 2. The molecule has 0 aliphatic heterocycles.